The van der Waals surface area contributed by atoms with Crippen LogP contribution in [-0.4, -0.2) is 35.5 Å². The number of carbonyl (C=O) groups is 3. The maximum atomic E-state index is 12.7. The number of nitrogens with zero attached hydrogens (tertiary/aromatic N) is 1. The number of anilines is 1. The quantitative estimate of drug-likeness (QED) is 0.778. The number of hydrogen-bond donors (Lipinski definition) is 2. The van der Waals surface area contributed by atoms with Gasteiger partial charge in [0, 0.05) is 18.3 Å². The van der Waals surface area contributed by atoms with Crippen LogP contribution in [0.25, 0.3) is 0 Å². The molecule has 6 nitrogen and oxygen atoms in total. The largest absolute Gasteiger partial charge is 0.481 e. The molecule has 27 heavy (non-hydrogen) atoms. The first-order chi connectivity index (χ1) is 12.9. The molecule has 2 fully saturated rings. The van der Waals surface area contributed by atoms with E-state index >= 15 is 0 Å². The van der Waals surface area contributed by atoms with Crippen molar-refractivity contribution in [2.24, 2.45) is 11.8 Å². The van der Waals surface area contributed by atoms with E-state index in [1.54, 1.807) is 4.90 Å². The number of nitrogens with one attached hydrogen (secondary N) is 1. The Balaban J connectivity index is 1.56. The summed E-state index contributed by atoms with van der Waals surface area (Å²) in [6, 6.07) is 7.92. The summed E-state index contributed by atoms with van der Waals surface area (Å²) in [4.78, 5) is 38.0. The van der Waals surface area contributed by atoms with E-state index < -0.39 is 11.9 Å². The van der Waals surface area contributed by atoms with Crippen LogP contribution in [-0.2, 0) is 14.4 Å². The molecule has 2 N–H and O–H groups in total. The average molecular weight is 372 g/mol. The molecule has 1 unspecified atom stereocenters. The minimum atomic E-state index is -0.759. The van der Waals surface area contributed by atoms with E-state index in [9.17, 15) is 14.4 Å². The Morgan fingerprint density at radius 2 is 1.70 bits per heavy atom. The van der Waals surface area contributed by atoms with Gasteiger partial charge in [0.15, 0.2) is 0 Å². The average Bonchev–Trinajstić information content (AvgIpc) is 3.03. The number of carboxylic acid groups (broad SMARTS) is 1. The minimum Gasteiger partial charge on any atom is -0.481 e. The number of aliphatic carboxylic acids is 1. The summed E-state index contributed by atoms with van der Waals surface area (Å²) in [6.07, 6.45) is 2.98. The first kappa shape index (κ1) is 19.4. The smallest absolute Gasteiger partial charge is 0.306 e. The van der Waals surface area contributed by atoms with Crippen LogP contribution >= 0.6 is 0 Å². The van der Waals surface area contributed by atoms with Gasteiger partial charge in [-0.3, -0.25) is 14.4 Å². The maximum Gasteiger partial charge on any atom is 0.306 e. The number of carboxylic acids is 1. The van der Waals surface area contributed by atoms with Gasteiger partial charge in [0.1, 0.15) is 5.92 Å². The molecule has 2 amide bonds. The Kier molecular flexibility index (Phi) is 5.82. The molecule has 0 radical (unpaired) electrons. The molecule has 1 saturated carbocycles. The highest BCUT2D eigenvalue weighted by atomic mass is 16.4. The summed E-state index contributed by atoms with van der Waals surface area (Å²) < 4.78 is 0. The second-order valence-electron chi connectivity index (χ2n) is 7.97. The Morgan fingerprint density at radius 3 is 2.26 bits per heavy atom. The van der Waals surface area contributed by atoms with Gasteiger partial charge in [-0.1, -0.05) is 26.0 Å². The van der Waals surface area contributed by atoms with E-state index in [0.717, 1.165) is 5.69 Å². The van der Waals surface area contributed by atoms with Gasteiger partial charge in [-0.2, -0.15) is 0 Å². The van der Waals surface area contributed by atoms with Crippen molar-refractivity contribution in [2.75, 3.05) is 11.4 Å². The monoisotopic (exact) mass is 372 g/mol. The summed E-state index contributed by atoms with van der Waals surface area (Å²) in [5, 5.41) is 12.0. The zero-order valence-electron chi connectivity index (χ0n) is 16.0. The molecule has 1 atom stereocenters. The van der Waals surface area contributed by atoms with Gasteiger partial charge in [-0.25, -0.2) is 0 Å². The lowest BCUT2D eigenvalue weighted by Crippen LogP contribution is -2.43. The molecule has 6 heteroatoms. The zero-order chi connectivity index (χ0) is 19.6. The summed E-state index contributed by atoms with van der Waals surface area (Å²) >= 11 is 0. The summed E-state index contributed by atoms with van der Waals surface area (Å²) in [5.74, 6) is -1.65. The lowest BCUT2D eigenvalue weighted by atomic mass is 9.86. The number of carbonyl (C=O) groups excluding carboxylic acids is 2. The SMILES string of the molecule is CC(C)c1ccc(N2CCC(C(=O)NC3CCC(C(=O)O)CC3)C2=O)cc1. The van der Waals surface area contributed by atoms with Crippen molar-refractivity contribution in [3.05, 3.63) is 29.8 Å². The molecular formula is C21H28N2O4. The summed E-state index contributed by atoms with van der Waals surface area (Å²) in [5.41, 5.74) is 2.05. The van der Waals surface area contributed by atoms with Gasteiger partial charge < -0.3 is 15.3 Å². The molecule has 1 aromatic carbocycles. The van der Waals surface area contributed by atoms with Crippen molar-refractivity contribution in [1.82, 2.24) is 5.32 Å². The number of amides is 2. The maximum absolute atomic E-state index is 12.7. The van der Waals surface area contributed by atoms with Crippen LogP contribution in [0.3, 0.4) is 0 Å². The predicted molar refractivity (Wildman–Crippen MR) is 103 cm³/mol. The van der Waals surface area contributed by atoms with Crippen LogP contribution in [0.5, 0.6) is 0 Å². The molecule has 1 heterocycles. The highest BCUT2D eigenvalue weighted by molar-refractivity contribution is 6.09. The van der Waals surface area contributed by atoms with Crippen LogP contribution in [0.15, 0.2) is 24.3 Å². The fourth-order valence-electron chi connectivity index (χ4n) is 4.01. The summed E-state index contributed by atoms with van der Waals surface area (Å²) in [6.45, 7) is 4.80. The highest BCUT2D eigenvalue weighted by Gasteiger charge is 2.38. The van der Waals surface area contributed by atoms with Crippen molar-refractivity contribution in [2.45, 2.75) is 57.9 Å². The third kappa shape index (κ3) is 4.31. The molecule has 1 saturated heterocycles. The van der Waals surface area contributed by atoms with E-state index in [1.807, 2.05) is 24.3 Å². The van der Waals surface area contributed by atoms with Gasteiger partial charge in [-0.15, -0.1) is 0 Å². The van der Waals surface area contributed by atoms with Crippen molar-refractivity contribution < 1.29 is 19.5 Å². The minimum absolute atomic E-state index is 0.0275. The van der Waals surface area contributed by atoms with Crippen LogP contribution in [0.1, 0.15) is 57.4 Å². The highest BCUT2D eigenvalue weighted by Crippen LogP contribution is 2.28. The fourth-order valence-corrected chi connectivity index (χ4v) is 4.01. The van der Waals surface area contributed by atoms with E-state index in [0.29, 0.717) is 44.6 Å². The molecule has 0 spiro atoms. The van der Waals surface area contributed by atoms with Crippen molar-refractivity contribution >= 4 is 23.5 Å². The molecule has 1 aromatic rings. The van der Waals surface area contributed by atoms with E-state index in [2.05, 4.69) is 19.2 Å². The van der Waals surface area contributed by atoms with Crippen LogP contribution < -0.4 is 10.2 Å². The number of hydrogen-bond acceptors (Lipinski definition) is 3. The molecule has 1 aliphatic heterocycles. The Bertz CT molecular complexity index is 705. The second kappa shape index (κ2) is 8.11. The predicted octanol–water partition coefficient (Wildman–Crippen LogP) is 2.92. The topological polar surface area (TPSA) is 86.7 Å². The van der Waals surface area contributed by atoms with E-state index in [4.69, 9.17) is 5.11 Å². The van der Waals surface area contributed by atoms with Crippen molar-refractivity contribution in [3.63, 3.8) is 0 Å². The van der Waals surface area contributed by atoms with Crippen LogP contribution in [0.2, 0.25) is 0 Å². The zero-order valence-corrected chi connectivity index (χ0v) is 16.0. The van der Waals surface area contributed by atoms with Crippen LogP contribution in [0, 0.1) is 11.8 Å². The Labute approximate surface area is 159 Å². The normalized spacial score (nSPS) is 25.7. The molecule has 146 valence electrons. The standard InChI is InChI=1S/C21H28N2O4/c1-13(2)14-5-9-17(10-6-14)23-12-11-18(20(23)25)19(24)22-16-7-3-15(4-8-16)21(26)27/h5-6,9-10,13,15-16,18H,3-4,7-8,11-12H2,1-2H3,(H,22,24)(H,26,27). The van der Waals surface area contributed by atoms with Gasteiger partial charge in [0.25, 0.3) is 0 Å². The number of benzene rings is 1. The van der Waals surface area contributed by atoms with Crippen molar-refractivity contribution in [3.8, 4) is 0 Å². The van der Waals surface area contributed by atoms with Crippen LogP contribution in [0.4, 0.5) is 5.69 Å². The second-order valence-corrected chi connectivity index (χ2v) is 7.97. The van der Waals surface area contributed by atoms with Gasteiger partial charge in [0.05, 0.1) is 5.92 Å². The Hall–Kier alpha value is -2.37. The number of rotatable bonds is 5. The third-order valence-corrected chi connectivity index (χ3v) is 5.82. The first-order valence-corrected chi connectivity index (χ1v) is 9.81. The van der Waals surface area contributed by atoms with Gasteiger partial charge >= 0.3 is 5.97 Å². The fraction of sp³-hybridized carbons (Fsp3) is 0.571. The van der Waals surface area contributed by atoms with Gasteiger partial charge in [-0.05, 0) is 55.7 Å². The summed E-state index contributed by atoms with van der Waals surface area (Å²) in [7, 11) is 0. The Morgan fingerprint density at radius 1 is 1.07 bits per heavy atom. The molecule has 2 aliphatic rings. The molecule has 1 aliphatic carbocycles. The van der Waals surface area contributed by atoms with Crippen molar-refractivity contribution in [1.29, 1.82) is 0 Å². The van der Waals surface area contributed by atoms with Gasteiger partial charge in [0.2, 0.25) is 11.8 Å². The lowest BCUT2D eigenvalue weighted by molar-refractivity contribution is -0.142. The first-order valence-electron chi connectivity index (χ1n) is 9.81. The van der Waals surface area contributed by atoms with E-state index in [-0.39, 0.29) is 23.8 Å². The third-order valence-electron chi connectivity index (χ3n) is 5.82. The molecule has 3 rings (SSSR count). The lowest BCUT2D eigenvalue weighted by Gasteiger charge is -2.27. The molecule has 0 bridgehead atoms. The van der Waals surface area contributed by atoms with E-state index in [1.165, 1.54) is 5.56 Å². The molecular weight excluding hydrogens is 344 g/mol. The molecule has 0 aromatic heterocycles.